The zero-order valence-corrected chi connectivity index (χ0v) is 12.1. The first kappa shape index (κ1) is 15.3. The van der Waals surface area contributed by atoms with Crippen molar-refractivity contribution in [2.45, 2.75) is 13.3 Å². The van der Waals surface area contributed by atoms with Gasteiger partial charge in [-0.25, -0.2) is 0 Å². The molecule has 1 heterocycles. The van der Waals surface area contributed by atoms with Gasteiger partial charge in [0.05, 0.1) is 12.0 Å². The van der Waals surface area contributed by atoms with E-state index < -0.39 is 5.97 Å². The number of amides is 1. The maximum atomic E-state index is 12.4. The van der Waals surface area contributed by atoms with E-state index in [4.69, 9.17) is 5.11 Å². The van der Waals surface area contributed by atoms with Crippen molar-refractivity contribution in [3.8, 4) is 5.75 Å². The fourth-order valence-electron chi connectivity index (χ4n) is 2.42. The molecule has 0 spiro atoms. The molecule has 21 heavy (non-hydrogen) atoms. The number of phenols is 1. The molecule has 0 atom stereocenters. The van der Waals surface area contributed by atoms with Crippen molar-refractivity contribution in [3.63, 3.8) is 0 Å². The molecular formula is C15H20N2O4. The minimum Gasteiger partial charge on any atom is -0.507 e. The lowest BCUT2D eigenvalue weighted by Crippen LogP contribution is -2.49. The van der Waals surface area contributed by atoms with E-state index in [1.54, 1.807) is 17.0 Å². The molecule has 0 aliphatic carbocycles. The smallest absolute Gasteiger partial charge is 0.304 e. The van der Waals surface area contributed by atoms with E-state index in [0.717, 1.165) is 5.56 Å². The molecule has 0 aromatic heterocycles. The summed E-state index contributed by atoms with van der Waals surface area (Å²) in [5.74, 6) is -0.980. The fraction of sp³-hybridized carbons (Fsp3) is 0.467. The lowest BCUT2D eigenvalue weighted by molar-refractivity contribution is -0.137. The number of nitrogens with zero attached hydrogens (tertiary/aromatic N) is 2. The van der Waals surface area contributed by atoms with Gasteiger partial charge in [-0.3, -0.25) is 14.5 Å². The molecule has 1 aromatic carbocycles. The predicted molar refractivity (Wildman–Crippen MR) is 77.4 cm³/mol. The van der Waals surface area contributed by atoms with Crippen LogP contribution in [-0.2, 0) is 4.79 Å². The molecule has 0 saturated carbocycles. The molecule has 1 aliphatic heterocycles. The van der Waals surface area contributed by atoms with Gasteiger partial charge in [0.25, 0.3) is 5.91 Å². The Labute approximate surface area is 123 Å². The van der Waals surface area contributed by atoms with Crippen LogP contribution in [-0.4, -0.2) is 64.6 Å². The summed E-state index contributed by atoms with van der Waals surface area (Å²) in [6, 6.07) is 4.98. The Hall–Kier alpha value is -2.08. The van der Waals surface area contributed by atoms with Gasteiger partial charge in [-0.05, 0) is 19.1 Å². The van der Waals surface area contributed by atoms with Crippen LogP contribution in [0.4, 0.5) is 0 Å². The highest BCUT2D eigenvalue weighted by Crippen LogP contribution is 2.20. The van der Waals surface area contributed by atoms with Crippen LogP contribution < -0.4 is 0 Å². The van der Waals surface area contributed by atoms with Crippen molar-refractivity contribution in [3.05, 3.63) is 29.3 Å². The van der Waals surface area contributed by atoms with Gasteiger partial charge in [0.1, 0.15) is 5.75 Å². The van der Waals surface area contributed by atoms with Gasteiger partial charge in [-0.1, -0.05) is 11.6 Å². The van der Waals surface area contributed by atoms with E-state index >= 15 is 0 Å². The summed E-state index contributed by atoms with van der Waals surface area (Å²) in [6.07, 6.45) is 0.118. The minimum absolute atomic E-state index is 0.00101. The number of carbonyl (C=O) groups excluding carboxylic acids is 1. The molecule has 0 radical (unpaired) electrons. The van der Waals surface area contributed by atoms with Crippen LogP contribution in [0.1, 0.15) is 22.3 Å². The van der Waals surface area contributed by atoms with Gasteiger partial charge in [0, 0.05) is 32.7 Å². The third kappa shape index (κ3) is 3.95. The van der Waals surface area contributed by atoms with Gasteiger partial charge >= 0.3 is 5.97 Å². The van der Waals surface area contributed by atoms with Gasteiger partial charge in [-0.15, -0.1) is 0 Å². The Bertz CT molecular complexity index is 536. The zero-order chi connectivity index (χ0) is 15.4. The van der Waals surface area contributed by atoms with Gasteiger partial charge in [0.2, 0.25) is 0 Å². The highest BCUT2D eigenvalue weighted by Gasteiger charge is 2.24. The molecule has 2 rings (SSSR count). The number of hydrogen-bond acceptors (Lipinski definition) is 4. The summed E-state index contributed by atoms with van der Waals surface area (Å²) >= 11 is 0. The highest BCUT2D eigenvalue weighted by atomic mass is 16.4. The summed E-state index contributed by atoms with van der Waals surface area (Å²) in [5.41, 5.74) is 1.25. The van der Waals surface area contributed by atoms with Crippen molar-refractivity contribution in [2.24, 2.45) is 0 Å². The van der Waals surface area contributed by atoms with Crippen LogP contribution in [0.5, 0.6) is 5.75 Å². The average Bonchev–Trinajstić information content (AvgIpc) is 2.47. The number of piperazine rings is 1. The number of aryl methyl sites for hydroxylation is 1. The SMILES string of the molecule is Cc1ccc(O)c(C(=O)N2CCN(CCC(=O)O)CC2)c1. The topological polar surface area (TPSA) is 81.1 Å². The van der Waals surface area contributed by atoms with Gasteiger partial charge in [0.15, 0.2) is 0 Å². The maximum Gasteiger partial charge on any atom is 0.304 e. The number of carboxylic acid groups (broad SMARTS) is 1. The molecule has 1 amide bonds. The van der Waals surface area contributed by atoms with E-state index in [-0.39, 0.29) is 18.1 Å². The summed E-state index contributed by atoms with van der Waals surface area (Å²) < 4.78 is 0. The van der Waals surface area contributed by atoms with Crippen molar-refractivity contribution >= 4 is 11.9 Å². The number of phenolic OH excluding ortho intramolecular Hbond substituents is 1. The fourth-order valence-corrected chi connectivity index (χ4v) is 2.42. The first-order valence-corrected chi connectivity index (χ1v) is 7.00. The first-order valence-electron chi connectivity index (χ1n) is 7.00. The summed E-state index contributed by atoms with van der Waals surface area (Å²) in [6.45, 7) is 4.79. The molecule has 0 bridgehead atoms. The van der Waals surface area contributed by atoms with Crippen molar-refractivity contribution < 1.29 is 19.8 Å². The molecule has 0 unspecified atom stereocenters. The van der Waals surface area contributed by atoms with Crippen LogP contribution in [0.15, 0.2) is 18.2 Å². The van der Waals surface area contributed by atoms with E-state index in [2.05, 4.69) is 0 Å². The van der Waals surface area contributed by atoms with Gasteiger partial charge in [-0.2, -0.15) is 0 Å². The molecule has 1 saturated heterocycles. The number of aromatic hydroxyl groups is 1. The number of carbonyl (C=O) groups is 2. The number of carboxylic acids is 1. The quantitative estimate of drug-likeness (QED) is 0.863. The average molecular weight is 292 g/mol. The number of hydrogen-bond donors (Lipinski definition) is 2. The van der Waals surface area contributed by atoms with Crippen molar-refractivity contribution in [2.75, 3.05) is 32.7 Å². The van der Waals surface area contributed by atoms with Crippen molar-refractivity contribution in [1.29, 1.82) is 0 Å². The Morgan fingerprint density at radius 1 is 1.19 bits per heavy atom. The number of rotatable bonds is 4. The lowest BCUT2D eigenvalue weighted by Gasteiger charge is -2.34. The van der Waals surface area contributed by atoms with Crippen molar-refractivity contribution in [1.82, 2.24) is 9.80 Å². The van der Waals surface area contributed by atoms with Crippen LogP contribution in [0.2, 0.25) is 0 Å². The molecule has 1 aliphatic rings. The van der Waals surface area contributed by atoms with E-state index in [0.29, 0.717) is 38.3 Å². The Balaban J connectivity index is 1.94. The van der Waals surface area contributed by atoms with Crippen LogP contribution in [0.3, 0.4) is 0 Å². The predicted octanol–water partition coefficient (Wildman–Crippen LogP) is 0.933. The lowest BCUT2D eigenvalue weighted by atomic mass is 10.1. The van der Waals surface area contributed by atoms with E-state index in [1.165, 1.54) is 6.07 Å². The largest absolute Gasteiger partial charge is 0.507 e. The first-order chi connectivity index (χ1) is 9.97. The molecular weight excluding hydrogens is 272 g/mol. The summed E-state index contributed by atoms with van der Waals surface area (Å²) in [7, 11) is 0. The van der Waals surface area contributed by atoms with E-state index in [9.17, 15) is 14.7 Å². The summed E-state index contributed by atoms with van der Waals surface area (Å²) in [4.78, 5) is 26.7. The maximum absolute atomic E-state index is 12.4. The highest BCUT2D eigenvalue weighted by molar-refractivity contribution is 5.97. The Morgan fingerprint density at radius 3 is 2.48 bits per heavy atom. The third-order valence-corrected chi connectivity index (χ3v) is 3.68. The summed E-state index contributed by atoms with van der Waals surface area (Å²) in [5, 5.41) is 18.5. The molecule has 1 fully saturated rings. The molecule has 2 N–H and O–H groups in total. The molecule has 6 heteroatoms. The Morgan fingerprint density at radius 2 is 1.86 bits per heavy atom. The minimum atomic E-state index is -0.807. The van der Waals surface area contributed by atoms with Crippen LogP contribution in [0, 0.1) is 6.92 Å². The van der Waals surface area contributed by atoms with Crippen LogP contribution in [0.25, 0.3) is 0 Å². The Kier molecular flexibility index (Phi) is 4.80. The molecule has 1 aromatic rings. The normalized spacial score (nSPS) is 16.0. The number of aliphatic carboxylic acids is 1. The zero-order valence-electron chi connectivity index (χ0n) is 12.1. The second-order valence-corrected chi connectivity index (χ2v) is 5.30. The second-order valence-electron chi connectivity index (χ2n) is 5.30. The second kappa shape index (κ2) is 6.58. The molecule has 114 valence electrons. The van der Waals surface area contributed by atoms with E-state index in [1.807, 2.05) is 11.8 Å². The van der Waals surface area contributed by atoms with Crippen LogP contribution >= 0.6 is 0 Å². The molecule has 6 nitrogen and oxygen atoms in total. The van der Waals surface area contributed by atoms with Gasteiger partial charge < -0.3 is 15.1 Å². The third-order valence-electron chi connectivity index (χ3n) is 3.68. The monoisotopic (exact) mass is 292 g/mol. The number of benzene rings is 1. The standard InChI is InChI=1S/C15H20N2O4/c1-11-2-3-13(18)12(10-11)15(21)17-8-6-16(7-9-17)5-4-14(19)20/h2-3,10,18H,4-9H2,1H3,(H,19,20).